The van der Waals surface area contributed by atoms with Crippen molar-refractivity contribution in [3.05, 3.63) is 28.7 Å². The number of likely N-dealkylation sites (tertiary alicyclic amines) is 1. The van der Waals surface area contributed by atoms with E-state index < -0.39 is 0 Å². The van der Waals surface area contributed by atoms with E-state index in [1.165, 1.54) is 0 Å². The lowest BCUT2D eigenvalue weighted by molar-refractivity contribution is 0.0549. The molecule has 1 aliphatic carbocycles. The number of rotatable bonds is 5. The van der Waals surface area contributed by atoms with Gasteiger partial charge in [0.15, 0.2) is 5.82 Å². The lowest BCUT2D eigenvalue weighted by Crippen LogP contribution is -2.40. The van der Waals surface area contributed by atoms with Gasteiger partial charge in [-0.05, 0) is 44.9 Å². The van der Waals surface area contributed by atoms with Crippen molar-refractivity contribution in [1.82, 2.24) is 24.8 Å². The first-order valence-corrected chi connectivity index (χ1v) is 9.86. The van der Waals surface area contributed by atoms with Gasteiger partial charge in [-0.3, -0.25) is 9.48 Å². The van der Waals surface area contributed by atoms with Gasteiger partial charge in [-0.1, -0.05) is 5.16 Å². The molecule has 2 aliphatic rings. The van der Waals surface area contributed by atoms with Crippen LogP contribution in [-0.4, -0.2) is 51.0 Å². The predicted molar refractivity (Wildman–Crippen MR) is 97.4 cm³/mol. The van der Waals surface area contributed by atoms with E-state index in [-0.39, 0.29) is 11.9 Å². The Morgan fingerprint density at radius 2 is 2.11 bits per heavy atom. The molecule has 8 heteroatoms. The highest BCUT2D eigenvalue weighted by atomic mass is 16.5. The molecule has 0 bridgehead atoms. The Bertz CT molecular complexity index is 812. The Kier molecular flexibility index (Phi) is 5.24. The van der Waals surface area contributed by atoms with E-state index in [1.54, 1.807) is 11.8 Å². The third-order valence-electron chi connectivity index (χ3n) is 5.58. The van der Waals surface area contributed by atoms with Crippen LogP contribution in [0, 0.1) is 0 Å². The number of fused-ring (bicyclic) bond motifs is 1. The van der Waals surface area contributed by atoms with Crippen molar-refractivity contribution in [1.29, 1.82) is 0 Å². The van der Waals surface area contributed by atoms with Crippen LogP contribution in [0.4, 0.5) is 0 Å². The summed E-state index contributed by atoms with van der Waals surface area (Å²) in [7, 11) is 3.52. The van der Waals surface area contributed by atoms with Gasteiger partial charge in [-0.15, -0.1) is 0 Å². The molecule has 2 aromatic heterocycles. The number of carbonyl (C=O) groups excluding carboxylic acids is 1. The Labute approximate surface area is 158 Å². The highest BCUT2D eigenvalue weighted by Gasteiger charge is 2.35. The Balaban J connectivity index is 1.60. The predicted octanol–water partition coefficient (Wildman–Crippen LogP) is 2.24. The highest BCUT2D eigenvalue weighted by Crippen LogP contribution is 2.33. The minimum Gasteiger partial charge on any atom is -0.384 e. The fourth-order valence-corrected chi connectivity index (χ4v) is 4.21. The summed E-state index contributed by atoms with van der Waals surface area (Å²) < 4.78 is 12.4. The molecule has 1 saturated heterocycles. The van der Waals surface area contributed by atoms with Crippen LogP contribution in [0.2, 0.25) is 0 Å². The number of hydrogen-bond donors (Lipinski definition) is 0. The summed E-state index contributed by atoms with van der Waals surface area (Å²) in [6.07, 6.45) is 7.66. The first-order valence-electron chi connectivity index (χ1n) is 9.86. The maximum Gasteiger partial charge on any atom is 0.273 e. The topological polar surface area (TPSA) is 86.3 Å². The molecular weight excluding hydrogens is 346 g/mol. The zero-order chi connectivity index (χ0) is 18.8. The summed E-state index contributed by atoms with van der Waals surface area (Å²) in [6, 6.07) is -0.163. The van der Waals surface area contributed by atoms with Gasteiger partial charge < -0.3 is 14.2 Å². The average Bonchev–Trinajstić information content (AvgIpc) is 3.29. The molecule has 146 valence electrons. The second-order valence-corrected chi connectivity index (χ2v) is 7.41. The lowest BCUT2D eigenvalue weighted by Gasteiger charge is -2.33. The van der Waals surface area contributed by atoms with Gasteiger partial charge in [-0.25, -0.2) is 0 Å². The minimum absolute atomic E-state index is 0.0366. The quantitative estimate of drug-likeness (QED) is 0.799. The van der Waals surface area contributed by atoms with Gasteiger partial charge in [0.1, 0.15) is 11.7 Å². The molecule has 1 aliphatic heterocycles. The van der Waals surface area contributed by atoms with Crippen LogP contribution in [-0.2, 0) is 31.0 Å². The van der Waals surface area contributed by atoms with Crippen LogP contribution in [0.3, 0.4) is 0 Å². The SMILES string of the molecule is COCCc1noc(C2CCCCN2C(=O)c2c3c(nn2C)CCCC3)n1. The molecule has 2 aromatic rings. The molecule has 0 spiro atoms. The number of aromatic nitrogens is 4. The number of hydrogen-bond acceptors (Lipinski definition) is 6. The number of carbonyl (C=O) groups is 1. The van der Waals surface area contributed by atoms with E-state index >= 15 is 0 Å². The normalized spacial score (nSPS) is 19.9. The number of piperidine rings is 1. The first-order chi connectivity index (χ1) is 13.2. The minimum atomic E-state index is -0.163. The Morgan fingerprint density at radius 1 is 1.26 bits per heavy atom. The Morgan fingerprint density at radius 3 is 2.96 bits per heavy atom. The molecule has 0 aromatic carbocycles. The van der Waals surface area contributed by atoms with E-state index in [9.17, 15) is 4.79 Å². The summed E-state index contributed by atoms with van der Waals surface area (Å²) in [5, 5.41) is 8.66. The van der Waals surface area contributed by atoms with E-state index in [0.29, 0.717) is 31.3 Å². The number of methoxy groups -OCH3 is 1. The summed E-state index contributed by atoms with van der Waals surface area (Å²) in [6.45, 7) is 1.26. The first kappa shape index (κ1) is 18.2. The van der Waals surface area contributed by atoms with Gasteiger partial charge in [0.05, 0.1) is 12.3 Å². The summed E-state index contributed by atoms with van der Waals surface area (Å²) in [5.74, 6) is 1.20. The molecule has 0 N–H and O–H groups in total. The molecule has 1 fully saturated rings. The standard InChI is InChI=1S/C19H27N5O3/c1-23-17(13-7-3-4-8-14(13)21-23)19(25)24-11-6-5-9-15(24)18-20-16(22-27-18)10-12-26-2/h15H,3-12H2,1-2H3. The maximum absolute atomic E-state index is 13.5. The number of amides is 1. The molecule has 4 rings (SSSR count). The molecule has 1 atom stereocenters. The number of aryl methyl sites for hydroxylation is 2. The largest absolute Gasteiger partial charge is 0.384 e. The monoisotopic (exact) mass is 373 g/mol. The fraction of sp³-hybridized carbons (Fsp3) is 0.684. The smallest absolute Gasteiger partial charge is 0.273 e. The zero-order valence-corrected chi connectivity index (χ0v) is 16.1. The molecule has 0 radical (unpaired) electrons. The molecule has 3 heterocycles. The highest BCUT2D eigenvalue weighted by molar-refractivity contribution is 5.94. The third-order valence-corrected chi connectivity index (χ3v) is 5.58. The van der Waals surface area contributed by atoms with Crippen LogP contribution < -0.4 is 0 Å². The lowest BCUT2D eigenvalue weighted by atomic mass is 9.94. The molecule has 1 unspecified atom stereocenters. The van der Waals surface area contributed by atoms with Crippen molar-refractivity contribution < 1.29 is 14.1 Å². The second-order valence-electron chi connectivity index (χ2n) is 7.41. The molecule has 0 saturated carbocycles. The van der Waals surface area contributed by atoms with Crippen molar-refractivity contribution in [2.75, 3.05) is 20.3 Å². The second kappa shape index (κ2) is 7.80. The average molecular weight is 373 g/mol. The van der Waals surface area contributed by atoms with E-state index in [4.69, 9.17) is 9.26 Å². The van der Waals surface area contributed by atoms with Crippen LogP contribution in [0.5, 0.6) is 0 Å². The van der Waals surface area contributed by atoms with Crippen LogP contribution in [0.25, 0.3) is 0 Å². The summed E-state index contributed by atoms with van der Waals surface area (Å²) >= 11 is 0. The molecule has 27 heavy (non-hydrogen) atoms. The molecule has 8 nitrogen and oxygen atoms in total. The number of nitrogens with zero attached hydrogens (tertiary/aromatic N) is 5. The van der Waals surface area contributed by atoms with Gasteiger partial charge in [0.25, 0.3) is 5.91 Å². The van der Waals surface area contributed by atoms with Crippen molar-refractivity contribution in [2.24, 2.45) is 7.05 Å². The van der Waals surface area contributed by atoms with Crippen LogP contribution in [0.1, 0.15) is 71.6 Å². The van der Waals surface area contributed by atoms with E-state index in [2.05, 4.69) is 15.2 Å². The van der Waals surface area contributed by atoms with Crippen LogP contribution >= 0.6 is 0 Å². The maximum atomic E-state index is 13.5. The Hall–Kier alpha value is -2.22. The number of ether oxygens (including phenoxy) is 1. The molecule has 1 amide bonds. The fourth-order valence-electron chi connectivity index (χ4n) is 4.21. The summed E-state index contributed by atoms with van der Waals surface area (Å²) in [4.78, 5) is 19.9. The zero-order valence-electron chi connectivity index (χ0n) is 16.1. The molecular formula is C19H27N5O3. The van der Waals surface area contributed by atoms with Gasteiger partial charge >= 0.3 is 0 Å². The van der Waals surface area contributed by atoms with Gasteiger partial charge in [0, 0.05) is 32.7 Å². The van der Waals surface area contributed by atoms with Gasteiger partial charge in [0.2, 0.25) is 5.89 Å². The van der Waals surface area contributed by atoms with Crippen molar-refractivity contribution in [3.63, 3.8) is 0 Å². The van der Waals surface area contributed by atoms with E-state index in [1.807, 2.05) is 11.9 Å². The summed E-state index contributed by atoms with van der Waals surface area (Å²) in [5.41, 5.74) is 2.94. The van der Waals surface area contributed by atoms with Crippen molar-refractivity contribution >= 4 is 5.91 Å². The third kappa shape index (κ3) is 3.50. The van der Waals surface area contributed by atoms with E-state index in [0.717, 1.165) is 61.9 Å². The van der Waals surface area contributed by atoms with Gasteiger partial charge in [-0.2, -0.15) is 10.1 Å². The van der Waals surface area contributed by atoms with Crippen molar-refractivity contribution in [3.8, 4) is 0 Å². The van der Waals surface area contributed by atoms with Crippen molar-refractivity contribution in [2.45, 2.75) is 57.4 Å². The van der Waals surface area contributed by atoms with Crippen LogP contribution in [0.15, 0.2) is 4.52 Å².